The van der Waals surface area contributed by atoms with E-state index in [4.69, 9.17) is 4.42 Å². The molecule has 1 aromatic heterocycles. The van der Waals surface area contributed by atoms with Crippen LogP contribution in [0, 0.1) is 11.8 Å². The Bertz CT molecular complexity index is 411. The van der Waals surface area contributed by atoms with E-state index in [1.54, 1.807) is 0 Å². The van der Waals surface area contributed by atoms with Crippen LogP contribution in [0.4, 0.5) is 0 Å². The molecule has 0 aromatic carbocycles. The van der Waals surface area contributed by atoms with Gasteiger partial charge in [0.15, 0.2) is 0 Å². The molecule has 0 saturated heterocycles. The lowest BCUT2D eigenvalue weighted by molar-refractivity contribution is 0.248. The molecule has 0 bridgehead atoms. The Balaban J connectivity index is 1.52. The third kappa shape index (κ3) is 3.05. The van der Waals surface area contributed by atoms with Gasteiger partial charge in [-0.2, -0.15) is 0 Å². The highest BCUT2D eigenvalue weighted by atomic mass is 16.3. The fourth-order valence-electron chi connectivity index (χ4n) is 3.60. The molecule has 2 aliphatic rings. The summed E-state index contributed by atoms with van der Waals surface area (Å²) in [6, 6.07) is 5.05. The summed E-state index contributed by atoms with van der Waals surface area (Å²) in [7, 11) is 0. The minimum atomic E-state index is 0.701. The standard InChI is InChI=1S/C17H27NO/c1-3-13-6-4-5-7-16(13)18-11-14-8-9-17(19-14)15-10-12(15)2/h8-9,12-13,15-16,18H,3-7,10-11H2,1-2H3. The van der Waals surface area contributed by atoms with Crippen LogP contribution in [-0.2, 0) is 6.54 Å². The zero-order valence-electron chi connectivity index (χ0n) is 12.3. The maximum absolute atomic E-state index is 5.98. The molecule has 0 radical (unpaired) electrons. The Kier molecular flexibility index (Phi) is 3.97. The van der Waals surface area contributed by atoms with E-state index >= 15 is 0 Å². The first-order chi connectivity index (χ1) is 9.28. The Morgan fingerprint density at radius 2 is 2.05 bits per heavy atom. The lowest BCUT2D eigenvalue weighted by Gasteiger charge is -2.31. The smallest absolute Gasteiger partial charge is 0.117 e. The molecule has 1 heterocycles. The van der Waals surface area contributed by atoms with Crippen LogP contribution in [-0.4, -0.2) is 6.04 Å². The van der Waals surface area contributed by atoms with Crippen molar-refractivity contribution < 1.29 is 4.42 Å². The predicted molar refractivity (Wildman–Crippen MR) is 78.1 cm³/mol. The fourth-order valence-corrected chi connectivity index (χ4v) is 3.60. The molecule has 4 atom stereocenters. The zero-order chi connectivity index (χ0) is 13.2. The quantitative estimate of drug-likeness (QED) is 0.846. The lowest BCUT2D eigenvalue weighted by atomic mass is 9.83. The summed E-state index contributed by atoms with van der Waals surface area (Å²) in [6.45, 7) is 5.53. The van der Waals surface area contributed by atoms with E-state index in [-0.39, 0.29) is 0 Å². The second kappa shape index (κ2) is 5.70. The molecule has 2 fully saturated rings. The van der Waals surface area contributed by atoms with Crippen molar-refractivity contribution in [2.75, 3.05) is 0 Å². The van der Waals surface area contributed by atoms with Crippen molar-refractivity contribution in [1.29, 1.82) is 0 Å². The molecular formula is C17H27NO. The minimum Gasteiger partial charge on any atom is -0.464 e. The molecule has 0 spiro atoms. The minimum absolute atomic E-state index is 0.701. The molecule has 1 N–H and O–H groups in total. The maximum atomic E-state index is 5.98. The van der Waals surface area contributed by atoms with Crippen LogP contribution < -0.4 is 5.32 Å². The van der Waals surface area contributed by atoms with Crippen LogP contribution in [0.15, 0.2) is 16.5 Å². The normalized spacial score (nSPS) is 34.4. The Labute approximate surface area is 117 Å². The second-order valence-electron chi connectivity index (χ2n) is 6.56. The number of nitrogens with one attached hydrogen (secondary N) is 1. The number of hydrogen-bond acceptors (Lipinski definition) is 2. The van der Waals surface area contributed by atoms with Crippen molar-refractivity contribution in [3.63, 3.8) is 0 Å². The van der Waals surface area contributed by atoms with Crippen molar-refractivity contribution in [3.8, 4) is 0 Å². The van der Waals surface area contributed by atoms with Gasteiger partial charge in [-0.25, -0.2) is 0 Å². The highest BCUT2D eigenvalue weighted by Crippen LogP contribution is 2.47. The summed E-state index contributed by atoms with van der Waals surface area (Å²) in [5.41, 5.74) is 0. The lowest BCUT2D eigenvalue weighted by Crippen LogP contribution is -2.37. The third-order valence-electron chi connectivity index (χ3n) is 5.13. The molecule has 3 rings (SSSR count). The molecule has 2 saturated carbocycles. The molecule has 106 valence electrons. The van der Waals surface area contributed by atoms with Crippen LogP contribution in [0.25, 0.3) is 0 Å². The van der Waals surface area contributed by atoms with Gasteiger partial charge < -0.3 is 9.73 Å². The van der Waals surface area contributed by atoms with E-state index in [9.17, 15) is 0 Å². The molecule has 0 aliphatic heterocycles. The molecule has 0 amide bonds. The SMILES string of the molecule is CCC1CCCCC1NCc1ccc(C2CC2C)o1. The summed E-state index contributed by atoms with van der Waals surface area (Å²) in [6.07, 6.45) is 8.16. The Morgan fingerprint density at radius 1 is 1.26 bits per heavy atom. The number of furan rings is 1. The molecular weight excluding hydrogens is 234 g/mol. The highest BCUT2D eigenvalue weighted by molar-refractivity contribution is 5.17. The summed E-state index contributed by atoms with van der Waals surface area (Å²) in [5.74, 6) is 4.72. The predicted octanol–water partition coefficient (Wildman–Crippen LogP) is 4.46. The van der Waals surface area contributed by atoms with Gasteiger partial charge in [0.2, 0.25) is 0 Å². The molecule has 1 aromatic rings. The van der Waals surface area contributed by atoms with Crippen molar-refractivity contribution in [1.82, 2.24) is 5.32 Å². The van der Waals surface area contributed by atoms with Crippen LogP contribution in [0.2, 0.25) is 0 Å². The maximum Gasteiger partial charge on any atom is 0.117 e. The van der Waals surface area contributed by atoms with Gasteiger partial charge in [0, 0.05) is 12.0 Å². The topological polar surface area (TPSA) is 25.2 Å². The van der Waals surface area contributed by atoms with Gasteiger partial charge >= 0.3 is 0 Å². The summed E-state index contributed by atoms with van der Waals surface area (Å²) < 4.78 is 5.98. The van der Waals surface area contributed by atoms with Crippen molar-refractivity contribution in [3.05, 3.63) is 23.7 Å². The first kappa shape index (κ1) is 13.2. The molecule has 4 unspecified atom stereocenters. The Morgan fingerprint density at radius 3 is 2.79 bits per heavy atom. The third-order valence-corrected chi connectivity index (χ3v) is 5.13. The molecule has 2 aliphatic carbocycles. The Hall–Kier alpha value is -0.760. The van der Waals surface area contributed by atoms with Gasteiger partial charge in [0.05, 0.1) is 6.54 Å². The van der Waals surface area contributed by atoms with Crippen molar-refractivity contribution >= 4 is 0 Å². The van der Waals surface area contributed by atoms with Gasteiger partial charge in [-0.1, -0.05) is 33.1 Å². The number of hydrogen-bond donors (Lipinski definition) is 1. The van der Waals surface area contributed by atoms with Gasteiger partial charge in [0.25, 0.3) is 0 Å². The van der Waals surface area contributed by atoms with E-state index in [1.165, 1.54) is 44.3 Å². The largest absolute Gasteiger partial charge is 0.464 e. The van der Waals surface area contributed by atoms with Crippen molar-refractivity contribution in [2.24, 2.45) is 11.8 Å². The first-order valence-corrected chi connectivity index (χ1v) is 8.10. The summed E-state index contributed by atoms with van der Waals surface area (Å²) in [4.78, 5) is 0. The van der Waals surface area contributed by atoms with Crippen LogP contribution >= 0.6 is 0 Å². The monoisotopic (exact) mass is 261 g/mol. The first-order valence-electron chi connectivity index (χ1n) is 8.10. The van der Waals surface area contributed by atoms with Gasteiger partial charge in [-0.3, -0.25) is 0 Å². The highest BCUT2D eigenvalue weighted by Gasteiger charge is 2.36. The van der Waals surface area contributed by atoms with E-state index in [0.717, 1.165) is 24.1 Å². The van der Waals surface area contributed by atoms with Crippen LogP contribution in [0.1, 0.15) is 69.8 Å². The van der Waals surface area contributed by atoms with E-state index in [2.05, 4.69) is 31.3 Å². The number of rotatable bonds is 5. The average molecular weight is 261 g/mol. The van der Waals surface area contributed by atoms with E-state index in [1.807, 2.05) is 0 Å². The van der Waals surface area contributed by atoms with E-state index < -0.39 is 0 Å². The van der Waals surface area contributed by atoms with Crippen molar-refractivity contribution in [2.45, 2.75) is 70.9 Å². The molecule has 2 heteroatoms. The van der Waals surface area contributed by atoms with Gasteiger partial charge in [-0.05, 0) is 43.2 Å². The van der Waals surface area contributed by atoms with Gasteiger partial charge in [-0.15, -0.1) is 0 Å². The average Bonchev–Trinajstić information content (AvgIpc) is 2.99. The zero-order valence-corrected chi connectivity index (χ0v) is 12.3. The molecule has 19 heavy (non-hydrogen) atoms. The van der Waals surface area contributed by atoms with Crippen LogP contribution in [0.5, 0.6) is 0 Å². The van der Waals surface area contributed by atoms with E-state index in [0.29, 0.717) is 12.0 Å². The van der Waals surface area contributed by atoms with Gasteiger partial charge in [0.1, 0.15) is 11.5 Å². The van der Waals surface area contributed by atoms with Crippen LogP contribution in [0.3, 0.4) is 0 Å². The second-order valence-corrected chi connectivity index (χ2v) is 6.56. The summed E-state index contributed by atoms with van der Waals surface area (Å²) in [5, 5.41) is 3.73. The molecule has 2 nitrogen and oxygen atoms in total. The fraction of sp³-hybridized carbons (Fsp3) is 0.765. The summed E-state index contributed by atoms with van der Waals surface area (Å²) >= 11 is 0.